The summed E-state index contributed by atoms with van der Waals surface area (Å²) in [5.74, 6) is 0. The molecule has 0 aliphatic carbocycles. The molecule has 0 heterocycles. The SMILES string of the molecule is [Cl-].[K].[NH4+].[Na]. The largest absolute Gasteiger partial charge is 1.00 e. The second-order valence-corrected chi connectivity index (χ2v) is 0. The van der Waals surface area contributed by atoms with Gasteiger partial charge in [-0.05, 0) is 0 Å². The van der Waals surface area contributed by atoms with Gasteiger partial charge in [0.1, 0.15) is 0 Å². The van der Waals surface area contributed by atoms with E-state index in [-0.39, 0.29) is 99.5 Å². The third-order valence-electron chi connectivity index (χ3n) is 0. The molecular formula is H4ClKNNa. The van der Waals surface area contributed by atoms with E-state index in [9.17, 15) is 0 Å². The van der Waals surface area contributed by atoms with Crippen LogP contribution < -0.4 is 18.6 Å². The first-order chi connectivity index (χ1) is 0. The van der Waals surface area contributed by atoms with Crippen molar-refractivity contribution in [3.8, 4) is 0 Å². The Bertz CT molecular complexity index is 8.00. The van der Waals surface area contributed by atoms with Crippen LogP contribution >= 0.6 is 0 Å². The predicted octanol–water partition coefficient (Wildman–Crippen LogP) is -3.38. The summed E-state index contributed by atoms with van der Waals surface area (Å²) in [5, 5.41) is 0. The van der Waals surface area contributed by atoms with Crippen LogP contribution in [0, 0.1) is 0 Å². The van der Waals surface area contributed by atoms with Crippen molar-refractivity contribution >= 4 is 80.9 Å². The van der Waals surface area contributed by atoms with Crippen LogP contribution in [0.15, 0.2) is 0 Å². The molecule has 4 heteroatoms. The number of quaternary nitrogens is 1. The van der Waals surface area contributed by atoms with Crippen LogP contribution in [-0.4, -0.2) is 80.9 Å². The van der Waals surface area contributed by atoms with E-state index in [1.165, 1.54) is 0 Å². The molecule has 0 aromatic heterocycles. The van der Waals surface area contributed by atoms with Crippen molar-refractivity contribution < 1.29 is 12.4 Å². The Hall–Kier alpha value is 2.89. The van der Waals surface area contributed by atoms with Crippen molar-refractivity contribution in [2.24, 2.45) is 0 Å². The van der Waals surface area contributed by atoms with Gasteiger partial charge < -0.3 is 18.6 Å². The van der Waals surface area contributed by atoms with E-state index in [4.69, 9.17) is 0 Å². The maximum atomic E-state index is 0. The minimum absolute atomic E-state index is 0. The van der Waals surface area contributed by atoms with Gasteiger partial charge in [-0.25, -0.2) is 0 Å². The number of halogens is 1. The standard InChI is InChI=1S/ClH.K.H3N.Na/h1H;;1H3;. The smallest absolute Gasteiger partial charge is 0 e. The average molecular weight is 116 g/mol. The molecule has 0 unspecified atom stereocenters. The molecule has 0 aromatic carbocycles. The molecular weight excluding hydrogens is 112 g/mol. The molecule has 4 heavy (non-hydrogen) atoms. The number of hydrogen-bond acceptors (Lipinski definition) is 0. The average Bonchev–Trinajstić information content (AvgIpc) is 0. The normalized spacial score (nSPS) is 0. The molecule has 4 N–H and O–H groups in total. The molecule has 2 radical (unpaired) electrons. The zero-order chi connectivity index (χ0) is 0. The van der Waals surface area contributed by atoms with Gasteiger partial charge in [-0.15, -0.1) is 0 Å². The van der Waals surface area contributed by atoms with E-state index < -0.39 is 0 Å². The molecule has 0 atom stereocenters. The fourth-order valence-electron chi connectivity index (χ4n) is 0. The molecule has 0 amide bonds. The van der Waals surface area contributed by atoms with Crippen molar-refractivity contribution in [1.29, 1.82) is 0 Å². The summed E-state index contributed by atoms with van der Waals surface area (Å²) >= 11 is 0. The zero-order valence-electron chi connectivity index (χ0n) is 3.38. The van der Waals surface area contributed by atoms with Gasteiger partial charge in [-0.3, -0.25) is 0 Å². The maximum Gasteiger partial charge on any atom is 0 e. The second-order valence-electron chi connectivity index (χ2n) is 0. The molecule has 0 spiro atoms. The summed E-state index contributed by atoms with van der Waals surface area (Å²) in [6.07, 6.45) is 0. The van der Waals surface area contributed by atoms with Gasteiger partial charge in [0.05, 0.1) is 0 Å². The van der Waals surface area contributed by atoms with Gasteiger partial charge in [-0.1, -0.05) is 0 Å². The fraction of sp³-hybridized carbons (Fsp3) is 0. The van der Waals surface area contributed by atoms with Crippen LogP contribution in [0.4, 0.5) is 0 Å². The molecule has 0 saturated carbocycles. The minimum atomic E-state index is 0. The minimum Gasteiger partial charge on any atom is -1.00 e. The first-order valence-electron chi connectivity index (χ1n) is 0. The second kappa shape index (κ2) is 16.9. The summed E-state index contributed by atoms with van der Waals surface area (Å²) < 4.78 is 0. The van der Waals surface area contributed by atoms with Gasteiger partial charge in [0.2, 0.25) is 0 Å². The molecule has 0 aromatic rings. The van der Waals surface area contributed by atoms with Gasteiger partial charge in [0.15, 0.2) is 0 Å². The van der Waals surface area contributed by atoms with E-state index in [2.05, 4.69) is 0 Å². The third kappa shape index (κ3) is 8.86. The Balaban J connectivity index is 0. The van der Waals surface area contributed by atoms with Gasteiger partial charge >= 0.3 is 0 Å². The van der Waals surface area contributed by atoms with Gasteiger partial charge in [0.25, 0.3) is 0 Å². The Morgan fingerprint density at radius 2 is 1.00 bits per heavy atom. The molecule has 0 aliphatic heterocycles. The summed E-state index contributed by atoms with van der Waals surface area (Å²) in [5.41, 5.74) is 0. The Kier molecular flexibility index (Phi) is 121. The van der Waals surface area contributed by atoms with Gasteiger partial charge in [0, 0.05) is 80.9 Å². The monoisotopic (exact) mass is 115 g/mol. The Morgan fingerprint density at radius 3 is 1.00 bits per heavy atom. The van der Waals surface area contributed by atoms with Crippen LogP contribution in [0.1, 0.15) is 0 Å². The summed E-state index contributed by atoms with van der Waals surface area (Å²) in [7, 11) is 0. The quantitative estimate of drug-likeness (QED) is 0.320. The van der Waals surface area contributed by atoms with Gasteiger partial charge in [-0.2, -0.15) is 0 Å². The summed E-state index contributed by atoms with van der Waals surface area (Å²) in [4.78, 5) is 0. The van der Waals surface area contributed by atoms with Crippen molar-refractivity contribution in [3.63, 3.8) is 0 Å². The van der Waals surface area contributed by atoms with Crippen LogP contribution in [-0.2, 0) is 0 Å². The third-order valence-corrected chi connectivity index (χ3v) is 0. The Morgan fingerprint density at radius 1 is 1.00 bits per heavy atom. The van der Waals surface area contributed by atoms with E-state index in [1.807, 2.05) is 0 Å². The molecule has 0 bridgehead atoms. The van der Waals surface area contributed by atoms with Crippen LogP contribution in [0.3, 0.4) is 0 Å². The molecule has 0 rings (SSSR count). The van der Waals surface area contributed by atoms with Crippen LogP contribution in [0.25, 0.3) is 0 Å². The summed E-state index contributed by atoms with van der Waals surface area (Å²) in [6.45, 7) is 0. The number of hydrogen-bond donors (Lipinski definition) is 1. The van der Waals surface area contributed by atoms with E-state index in [0.29, 0.717) is 0 Å². The molecule has 0 saturated heterocycles. The van der Waals surface area contributed by atoms with Crippen molar-refractivity contribution in [3.05, 3.63) is 0 Å². The summed E-state index contributed by atoms with van der Waals surface area (Å²) in [6, 6.07) is 0. The first-order valence-corrected chi connectivity index (χ1v) is 0. The van der Waals surface area contributed by atoms with Crippen molar-refractivity contribution in [1.82, 2.24) is 6.15 Å². The fourth-order valence-corrected chi connectivity index (χ4v) is 0. The number of rotatable bonds is 0. The van der Waals surface area contributed by atoms with Crippen LogP contribution in [0.5, 0.6) is 0 Å². The predicted molar refractivity (Wildman–Crippen MR) is 17.5 cm³/mol. The van der Waals surface area contributed by atoms with Crippen molar-refractivity contribution in [2.45, 2.75) is 0 Å². The van der Waals surface area contributed by atoms with E-state index >= 15 is 0 Å². The molecule has 0 fully saturated rings. The van der Waals surface area contributed by atoms with E-state index in [1.54, 1.807) is 0 Å². The maximum absolute atomic E-state index is 0. The first kappa shape index (κ1) is 28.6. The molecule has 1 nitrogen and oxygen atoms in total. The zero-order valence-corrected chi connectivity index (χ0v) is 9.26. The molecule has 0 aliphatic rings. The van der Waals surface area contributed by atoms with Crippen molar-refractivity contribution in [2.75, 3.05) is 0 Å². The van der Waals surface area contributed by atoms with E-state index in [0.717, 1.165) is 0 Å². The Labute approximate surface area is 97.0 Å². The van der Waals surface area contributed by atoms with Crippen LogP contribution in [0.2, 0.25) is 0 Å². The topological polar surface area (TPSA) is 36.5 Å². The molecule has 18 valence electrons.